The lowest BCUT2D eigenvalue weighted by Crippen LogP contribution is -2.41. The topological polar surface area (TPSA) is 89.3 Å². The van der Waals surface area contributed by atoms with Crippen LogP contribution >= 0.6 is 0 Å². The Kier molecular flexibility index (Phi) is 6.12. The first kappa shape index (κ1) is 16.4. The third-order valence-corrected chi connectivity index (χ3v) is 4.40. The SMILES string of the molecule is CCS(=O)(=O)CCNC(=O)CC(N)C(C)(C)C. The summed E-state index contributed by atoms with van der Waals surface area (Å²) in [4.78, 5) is 11.5. The van der Waals surface area contributed by atoms with Gasteiger partial charge in [0.1, 0.15) is 0 Å². The van der Waals surface area contributed by atoms with Crippen molar-refractivity contribution in [3.05, 3.63) is 0 Å². The number of hydrogen-bond acceptors (Lipinski definition) is 4. The molecule has 3 N–H and O–H groups in total. The molecule has 102 valence electrons. The summed E-state index contributed by atoms with van der Waals surface area (Å²) in [6.07, 6.45) is 0.218. The summed E-state index contributed by atoms with van der Waals surface area (Å²) >= 11 is 0. The van der Waals surface area contributed by atoms with E-state index in [-0.39, 0.29) is 41.8 Å². The van der Waals surface area contributed by atoms with Crippen molar-refractivity contribution in [2.45, 2.75) is 40.2 Å². The van der Waals surface area contributed by atoms with Gasteiger partial charge >= 0.3 is 0 Å². The second kappa shape index (κ2) is 6.35. The molecular weight excluding hydrogens is 240 g/mol. The molecule has 0 aliphatic heterocycles. The first-order chi connectivity index (χ1) is 7.58. The van der Waals surface area contributed by atoms with Gasteiger partial charge in [-0.25, -0.2) is 8.42 Å². The van der Waals surface area contributed by atoms with Crippen LogP contribution < -0.4 is 11.1 Å². The molecular formula is C11H24N2O3S. The number of nitrogens with two attached hydrogens (primary N) is 1. The summed E-state index contributed by atoms with van der Waals surface area (Å²) in [5.41, 5.74) is 5.72. The van der Waals surface area contributed by atoms with Crippen LogP contribution in [0.1, 0.15) is 34.1 Å². The lowest BCUT2D eigenvalue weighted by atomic mass is 9.85. The molecule has 1 unspecified atom stereocenters. The van der Waals surface area contributed by atoms with Gasteiger partial charge in [0, 0.05) is 24.8 Å². The summed E-state index contributed by atoms with van der Waals surface area (Å²) in [6, 6.07) is -0.231. The summed E-state index contributed by atoms with van der Waals surface area (Å²) in [7, 11) is -3.02. The van der Waals surface area contributed by atoms with Crippen LogP contribution in [0.3, 0.4) is 0 Å². The molecule has 17 heavy (non-hydrogen) atoms. The molecule has 0 aromatic rings. The van der Waals surface area contributed by atoms with Gasteiger partial charge < -0.3 is 11.1 Å². The number of carbonyl (C=O) groups excluding carboxylic acids is 1. The predicted molar refractivity (Wildman–Crippen MR) is 69.4 cm³/mol. The van der Waals surface area contributed by atoms with E-state index in [0.29, 0.717) is 0 Å². The largest absolute Gasteiger partial charge is 0.355 e. The van der Waals surface area contributed by atoms with Gasteiger partial charge in [-0.05, 0) is 5.41 Å². The van der Waals surface area contributed by atoms with Crippen molar-refractivity contribution in [2.24, 2.45) is 11.1 Å². The Balaban J connectivity index is 3.98. The van der Waals surface area contributed by atoms with Gasteiger partial charge in [-0.2, -0.15) is 0 Å². The molecule has 0 aromatic carbocycles. The average Bonchev–Trinajstić information content (AvgIpc) is 2.15. The van der Waals surface area contributed by atoms with Crippen molar-refractivity contribution in [1.82, 2.24) is 5.32 Å². The summed E-state index contributed by atoms with van der Waals surface area (Å²) in [5.74, 6) is -0.108. The summed E-state index contributed by atoms with van der Waals surface area (Å²) in [5, 5.41) is 2.58. The van der Waals surface area contributed by atoms with Crippen LogP contribution in [0.4, 0.5) is 0 Å². The normalized spacial score (nSPS) is 14.4. The Hall–Kier alpha value is -0.620. The van der Waals surface area contributed by atoms with Gasteiger partial charge in [0.05, 0.1) is 5.75 Å². The van der Waals surface area contributed by atoms with Gasteiger partial charge in [-0.1, -0.05) is 27.7 Å². The van der Waals surface area contributed by atoms with E-state index in [1.807, 2.05) is 20.8 Å². The highest BCUT2D eigenvalue weighted by Crippen LogP contribution is 2.19. The highest BCUT2D eigenvalue weighted by Gasteiger charge is 2.23. The third-order valence-electron chi connectivity index (χ3n) is 2.69. The molecule has 0 aliphatic carbocycles. The molecule has 0 saturated carbocycles. The zero-order valence-electron chi connectivity index (χ0n) is 11.1. The quantitative estimate of drug-likeness (QED) is 0.722. The smallest absolute Gasteiger partial charge is 0.221 e. The highest BCUT2D eigenvalue weighted by molar-refractivity contribution is 7.91. The van der Waals surface area contributed by atoms with Gasteiger partial charge in [0.2, 0.25) is 5.91 Å². The van der Waals surface area contributed by atoms with Crippen molar-refractivity contribution < 1.29 is 13.2 Å². The molecule has 0 aromatic heterocycles. The Morgan fingerprint density at radius 2 is 1.88 bits per heavy atom. The van der Waals surface area contributed by atoms with E-state index < -0.39 is 9.84 Å². The maximum absolute atomic E-state index is 11.5. The van der Waals surface area contributed by atoms with E-state index in [0.717, 1.165) is 0 Å². The van der Waals surface area contributed by atoms with Gasteiger partial charge in [0.25, 0.3) is 0 Å². The van der Waals surface area contributed by atoms with Crippen LogP contribution in [0.5, 0.6) is 0 Å². The van der Waals surface area contributed by atoms with E-state index in [1.54, 1.807) is 6.92 Å². The Morgan fingerprint density at radius 1 is 1.35 bits per heavy atom. The molecule has 0 radical (unpaired) electrons. The van der Waals surface area contributed by atoms with E-state index in [1.165, 1.54) is 0 Å². The molecule has 0 saturated heterocycles. The van der Waals surface area contributed by atoms with Crippen molar-refractivity contribution in [3.63, 3.8) is 0 Å². The molecule has 1 atom stereocenters. The molecule has 0 bridgehead atoms. The van der Waals surface area contributed by atoms with Gasteiger partial charge in [-0.3, -0.25) is 4.79 Å². The molecule has 1 amide bonds. The van der Waals surface area contributed by atoms with Crippen molar-refractivity contribution in [3.8, 4) is 0 Å². The standard InChI is InChI=1S/C11H24N2O3S/c1-5-17(15,16)7-6-13-10(14)8-9(12)11(2,3)4/h9H,5-8,12H2,1-4H3,(H,13,14). The van der Waals surface area contributed by atoms with Crippen LogP contribution in [-0.4, -0.2) is 38.4 Å². The predicted octanol–water partition coefficient (Wildman–Crippen LogP) is 0.301. The maximum atomic E-state index is 11.5. The lowest BCUT2D eigenvalue weighted by Gasteiger charge is -2.26. The molecule has 6 heteroatoms. The van der Waals surface area contributed by atoms with E-state index in [4.69, 9.17) is 5.73 Å². The zero-order valence-corrected chi connectivity index (χ0v) is 11.9. The summed E-state index contributed by atoms with van der Waals surface area (Å²) < 4.78 is 22.4. The summed E-state index contributed by atoms with van der Waals surface area (Å²) in [6.45, 7) is 7.64. The number of sulfone groups is 1. The fourth-order valence-corrected chi connectivity index (χ4v) is 1.77. The van der Waals surface area contributed by atoms with Crippen molar-refractivity contribution >= 4 is 15.7 Å². The van der Waals surface area contributed by atoms with Crippen LogP contribution in [0.2, 0.25) is 0 Å². The lowest BCUT2D eigenvalue weighted by molar-refractivity contribution is -0.121. The van der Waals surface area contributed by atoms with Crippen LogP contribution in [0, 0.1) is 5.41 Å². The van der Waals surface area contributed by atoms with Crippen molar-refractivity contribution in [1.29, 1.82) is 0 Å². The van der Waals surface area contributed by atoms with Crippen LogP contribution in [0.25, 0.3) is 0 Å². The molecule has 0 spiro atoms. The first-order valence-corrected chi connectivity index (χ1v) is 7.63. The fourth-order valence-electron chi connectivity index (χ4n) is 1.07. The van der Waals surface area contributed by atoms with Crippen LogP contribution in [-0.2, 0) is 14.6 Å². The van der Waals surface area contributed by atoms with Crippen molar-refractivity contribution in [2.75, 3.05) is 18.1 Å². The average molecular weight is 264 g/mol. The molecule has 0 fully saturated rings. The van der Waals surface area contributed by atoms with E-state index in [2.05, 4.69) is 5.32 Å². The number of amides is 1. The van der Waals surface area contributed by atoms with E-state index >= 15 is 0 Å². The number of rotatable bonds is 6. The first-order valence-electron chi connectivity index (χ1n) is 5.81. The fraction of sp³-hybridized carbons (Fsp3) is 0.909. The molecule has 5 nitrogen and oxygen atoms in total. The number of nitrogens with one attached hydrogen (secondary N) is 1. The maximum Gasteiger partial charge on any atom is 0.221 e. The monoisotopic (exact) mass is 264 g/mol. The number of hydrogen-bond donors (Lipinski definition) is 2. The minimum atomic E-state index is -3.02. The second-order valence-corrected chi connectivity index (χ2v) is 7.74. The third kappa shape index (κ3) is 7.33. The zero-order chi connectivity index (χ0) is 13.7. The minimum Gasteiger partial charge on any atom is -0.355 e. The molecule has 0 heterocycles. The van der Waals surface area contributed by atoms with Crippen LogP contribution in [0.15, 0.2) is 0 Å². The minimum absolute atomic E-state index is 0.0139. The Labute approximate surface area is 104 Å². The van der Waals surface area contributed by atoms with E-state index in [9.17, 15) is 13.2 Å². The Bertz CT molecular complexity index is 344. The number of carbonyl (C=O) groups is 1. The highest BCUT2D eigenvalue weighted by atomic mass is 32.2. The second-order valence-electron chi connectivity index (χ2n) is 5.26. The molecule has 0 aliphatic rings. The Morgan fingerprint density at radius 3 is 2.29 bits per heavy atom. The van der Waals surface area contributed by atoms with Gasteiger partial charge in [-0.15, -0.1) is 0 Å². The molecule has 0 rings (SSSR count). The van der Waals surface area contributed by atoms with Gasteiger partial charge in [0.15, 0.2) is 9.84 Å².